The fourth-order valence-corrected chi connectivity index (χ4v) is 10.4. The van der Waals surface area contributed by atoms with Crippen molar-refractivity contribution >= 4 is 34.6 Å². The number of nitrogens with zero attached hydrogens (tertiary/aromatic N) is 3. The van der Waals surface area contributed by atoms with E-state index in [1.165, 1.54) is 30.9 Å². The first kappa shape index (κ1) is 51.7. The predicted octanol–water partition coefficient (Wildman–Crippen LogP) is 8.29. The average Bonchev–Trinajstić information content (AvgIpc) is 4.01. The second-order valence-electron chi connectivity index (χ2n) is 20.1. The summed E-state index contributed by atoms with van der Waals surface area (Å²) in [6.45, 7) is 13.3. The lowest BCUT2D eigenvalue weighted by molar-refractivity contribution is -0.144. The molecule has 12 nitrogen and oxygen atoms in total. The number of carbonyl (C=O) groups is 3. The van der Waals surface area contributed by atoms with Crippen LogP contribution >= 0.6 is 11.3 Å². The van der Waals surface area contributed by atoms with Crippen molar-refractivity contribution in [1.29, 1.82) is 0 Å². The fraction of sp³-hybridized carbons (Fsp3) is 0.509. The molecule has 3 amide bonds. The van der Waals surface area contributed by atoms with E-state index in [0.717, 1.165) is 44.0 Å². The number of carbonyl (C=O) groups excluding carboxylic acids is 3. The number of halogens is 3. The maximum Gasteiger partial charge on any atom is 0.246 e. The highest BCUT2D eigenvalue weighted by molar-refractivity contribution is 7.13. The van der Waals surface area contributed by atoms with E-state index in [-0.39, 0.29) is 69.1 Å². The van der Waals surface area contributed by atoms with Crippen LogP contribution in [0.25, 0.3) is 16.0 Å². The van der Waals surface area contributed by atoms with Crippen LogP contribution in [0.3, 0.4) is 0 Å². The van der Waals surface area contributed by atoms with E-state index in [4.69, 9.17) is 14.2 Å². The van der Waals surface area contributed by atoms with Crippen LogP contribution in [0.15, 0.2) is 71.7 Å². The minimum Gasteiger partial charge on any atom is -0.493 e. The third-order valence-electron chi connectivity index (χ3n) is 12.9. The van der Waals surface area contributed by atoms with Crippen molar-refractivity contribution in [3.8, 4) is 16.2 Å². The SMILES string of the molecule is Cc1ncsc1-c1ccc(CNC(=O)[C@@H]2C[C@@H](O)CN2C(=O)[C@@H](NC(=O)COCCCOCCCOc2cc(F)c([C@@H]3C4=C(C[C@@H](C)N3CC(C)(C)F)c3ccccc3C4)c(F)c2)C(C)(C)C)cc1. The Morgan fingerprint density at radius 1 is 0.957 bits per heavy atom. The molecule has 7 rings (SSSR count). The first-order chi connectivity index (χ1) is 32.8. The summed E-state index contributed by atoms with van der Waals surface area (Å²) in [5.74, 6) is -2.78. The van der Waals surface area contributed by atoms with E-state index in [2.05, 4.69) is 15.6 Å². The Labute approximate surface area is 407 Å². The van der Waals surface area contributed by atoms with Gasteiger partial charge in [0.2, 0.25) is 17.7 Å². The number of aliphatic hydroxyl groups excluding tert-OH is 1. The molecule has 16 heteroatoms. The number of rotatable bonds is 20. The van der Waals surface area contributed by atoms with Gasteiger partial charge in [0.05, 0.1) is 34.8 Å². The van der Waals surface area contributed by atoms with E-state index < -0.39 is 58.8 Å². The molecule has 1 aromatic heterocycles. The molecule has 3 aliphatic rings. The van der Waals surface area contributed by atoms with Gasteiger partial charge in [-0.2, -0.15) is 0 Å². The largest absolute Gasteiger partial charge is 0.493 e. The summed E-state index contributed by atoms with van der Waals surface area (Å²) in [6, 6.07) is 15.4. The minimum absolute atomic E-state index is 0.0221. The van der Waals surface area contributed by atoms with E-state index in [0.29, 0.717) is 38.9 Å². The highest BCUT2D eigenvalue weighted by atomic mass is 32.1. The van der Waals surface area contributed by atoms with Crippen LogP contribution in [0.4, 0.5) is 13.2 Å². The van der Waals surface area contributed by atoms with Crippen LogP contribution in [-0.2, 0) is 36.8 Å². The molecular weight excluding hydrogens is 908 g/mol. The molecule has 4 aromatic rings. The maximum absolute atomic E-state index is 16.1. The van der Waals surface area contributed by atoms with Gasteiger partial charge in [0.1, 0.15) is 41.7 Å². The molecule has 69 heavy (non-hydrogen) atoms. The van der Waals surface area contributed by atoms with Crippen LogP contribution in [0, 0.1) is 24.0 Å². The molecule has 1 aliphatic carbocycles. The monoisotopic (exact) mass is 973 g/mol. The summed E-state index contributed by atoms with van der Waals surface area (Å²) >= 11 is 1.56. The van der Waals surface area contributed by atoms with Gasteiger partial charge >= 0.3 is 0 Å². The smallest absolute Gasteiger partial charge is 0.246 e. The number of amides is 3. The Morgan fingerprint density at radius 3 is 2.30 bits per heavy atom. The number of hydrogen-bond acceptors (Lipinski definition) is 10. The molecular formula is C53H66F3N5O7S. The Hall–Kier alpha value is -5.13. The number of fused-ring (bicyclic) bond motifs is 2. The van der Waals surface area contributed by atoms with Crippen molar-refractivity contribution in [2.24, 2.45) is 5.41 Å². The normalized spacial score (nSPS) is 19.9. The van der Waals surface area contributed by atoms with Crippen LogP contribution < -0.4 is 15.4 Å². The highest BCUT2D eigenvalue weighted by Crippen LogP contribution is 2.50. The molecule has 3 aromatic carbocycles. The zero-order valence-corrected chi connectivity index (χ0v) is 41.5. The number of thiazole rings is 1. The van der Waals surface area contributed by atoms with Crippen molar-refractivity contribution < 1.29 is 46.9 Å². The van der Waals surface area contributed by atoms with Gasteiger partial charge in [-0.25, -0.2) is 18.2 Å². The molecule has 0 bridgehead atoms. The third-order valence-corrected chi connectivity index (χ3v) is 13.9. The molecule has 3 heterocycles. The molecule has 0 unspecified atom stereocenters. The minimum atomic E-state index is -1.58. The molecule has 0 saturated carbocycles. The standard InChI is InChI=1S/C53H66F3N5O7S/c1-32-22-40-39-13-9-8-12-36(39)23-41(40)47(61(32)30-53(6,7)56)46-42(54)25-38(26-43(46)55)68-21-11-19-66-18-10-20-67-29-45(63)59-49(52(3,4)5)51(65)60-28-37(62)24-44(60)50(64)57-27-34-14-16-35(17-15-34)48-33(2)58-31-69-48/h8-9,12-17,25-26,31-32,37,44,47,49,62H,10-11,18-24,27-30H2,1-7H3,(H,57,64)(H,59,63)/t32-,37-,44+,47+,49-/m1/s1. The van der Waals surface area contributed by atoms with Crippen molar-refractivity contribution in [3.05, 3.63) is 111 Å². The molecule has 0 spiro atoms. The Kier molecular flexibility index (Phi) is 16.7. The van der Waals surface area contributed by atoms with E-state index in [1.807, 2.05) is 88.0 Å². The highest BCUT2D eigenvalue weighted by Gasteiger charge is 2.45. The van der Waals surface area contributed by atoms with Gasteiger partial charge < -0.3 is 34.9 Å². The number of β-amino-alcohol motifs (C(OH)–C–C–N with tert-alkyl or cyclic N) is 1. The van der Waals surface area contributed by atoms with E-state index in [9.17, 15) is 19.5 Å². The molecule has 3 N–H and O–H groups in total. The van der Waals surface area contributed by atoms with Gasteiger partial charge in [-0.15, -0.1) is 11.3 Å². The van der Waals surface area contributed by atoms with E-state index >= 15 is 13.2 Å². The molecule has 1 saturated heterocycles. The Bertz CT molecular complexity index is 2460. The number of ether oxygens (including phenoxy) is 3. The Balaban J connectivity index is 0.822. The second kappa shape index (κ2) is 22.3. The number of benzene rings is 3. The first-order valence-electron chi connectivity index (χ1n) is 23.9. The Morgan fingerprint density at radius 2 is 1.64 bits per heavy atom. The maximum atomic E-state index is 16.1. The van der Waals surface area contributed by atoms with E-state index in [1.54, 1.807) is 16.8 Å². The number of aryl methyl sites for hydroxylation is 1. The molecule has 1 fully saturated rings. The van der Waals surface area contributed by atoms with Gasteiger partial charge in [-0.05, 0) is 85.8 Å². The van der Waals surface area contributed by atoms with Crippen molar-refractivity contribution in [2.75, 3.05) is 46.1 Å². The van der Waals surface area contributed by atoms with Gasteiger partial charge in [0, 0.05) is 76.0 Å². The molecule has 0 radical (unpaired) electrons. The zero-order valence-electron chi connectivity index (χ0n) is 40.7. The number of alkyl halides is 1. The lowest BCUT2D eigenvalue weighted by atomic mass is 9.84. The van der Waals surface area contributed by atoms with Gasteiger partial charge in [0.25, 0.3) is 0 Å². The summed E-state index contributed by atoms with van der Waals surface area (Å²) < 4.78 is 64.3. The van der Waals surface area contributed by atoms with Crippen LogP contribution in [0.5, 0.6) is 5.75 Å². The molecule has 5 atom stereocenters. The van der Waals surface area contributed by atoms with Crippen LogP contribution in [-0.4, -0.2) is 114 Å². The fourth-order valence-electron chi connectivity index (χ4n) is 9.61. The number of hydrogen-bond donors (Lipinski definition) is 3. The second-order valence-corrected chi connectivity index (χ2v) is 21.0. The van der Waals surface area contributed by atoms with Crippen LogP contribution in [0.2, 0.25) is 0 Å². The van der Waals surface area contributed by atoms with Gasteiger partial charge in [0.15, 0.2) is 0 Å². The third kappa shape index (κ3) is 12.8. The molecule has 2 aliphatic heterocycles. The van der Waals surface area contributed by atoms with Crippen molar-refractivity contribution in [3.63, 3.8) is 0 Å². The quantitative estimate of drug-likeness (QED) is 0.0747. The van der Waals surface area contributed by atoms with Crippen LogP contribution in [0.1, 0.15) is 101 Å². The summed E-state index contributed by atoms with van der Waals surface area (Å²) in [4.78, 5) is 49.1. The lowest BCUT2D eigenvalue weighted by Crippen LogP contribution is -2.58. The number of aliphatic hydroxyl groups is 1. The summed E-state index contributed by atoms with van der Waals surface area (Å²) in [5, 5.41) is 16.3. The summed E-state index contributed by atoms with van der Waals surface area (Å²) in [6.07, 6.45) is 1.33. The van der Waals surface area contributed by atoms with Crippen molar-refractivity contribution in [1.82, 2.24) is 25.4 Å². The summed E-state index contributed by atoms with van der Waals surface area (Å²) in [7, 11) is 0. The van der Waals surface area contributed by atoms with Gasteiger partial charge in [-0.1, -0.05) is 69.3 Å². The van der Waals surface area contributed by atoms with Gasteiger partial charge in [-0.3, -0.25) is 19.3 Å². The van der Waals surface area contributed by atoms with Crippen molar-refractivity contribution in [2.45, 2.75) is 123 Å². The topological polar surface area (TPSA) is 143 Å². The lowest BCUT2D eigenvalue weighted by Gasteiger charge is -2.44. The number of nitrogens with one attached hydrogen (secondary N) is 2. The first-order valence-corrected chi connectivity index (χ1v) is 24.7. The summed E-state index contributed by atoms with van der Waals surface area (Å²) in [5.41, 5.74) is 6.47. The average molecular weight is 974 g/mol. The number of aromatic nitrogens is 1. The zero-order chi connectivity index (χ0) is 49.6. The molecule has 372 valence electrons. The number of likely N-dealkylation sites (tertiary alicyclic amines) is 1. The predicted molar refractivity (Wildman–Crippen MR) is 260 cm³/mol.